The molecular formula is C25H21F3N6O. The number of nitrogens with one attached hydrogen (secondary N) is 1. The molecule has 1 amide bonds. The van der Waals surface area contributed by atoms with Crippen LogP contribution in [0.4, 0.5) is 24.7 Å². The Morgan fingerprint density at radius 3 is 2.51 bits per heavy atom. The van der Waals surface area contributed by atoms with E-state index in [4.69, 9.17) is 0 Å². The van der Waals surface area contributed by atoms with Crippen LogP contribution in [-0.4, -0.2) is 38.8 Å². The van der Waals surface area contributed by atoms with Crippen molar-refractivity contribution in [3.05, 3.63) is 71.5 Å². The third-order valence-corrected chi connectivity index (χ3v) is 6.75. The quantitative estimate of drug-likeness (QED) is 0.411. The Morgan fingerprint density at radius 2 is 1.71 bits per heavy atom. The van der Waals surface area contributed by atoms with Gasteiger partial charge in [0, 0.05) is 24.7 Å². The van der Waals surface area contributed by atoms with Gasteiger partial charge in [0.1, 0.15) is 5.82 Å². The van der Waals surface area contributed by atoms with Crippen LogP contribution in [0.15, 0.2) is 54.6 Å². The number of benzene rings is 2. The standard InChI is InChI=1S/C25H21F3N6O/c26-25(27,28)24-31-30-21-7-8-22(32-34(21)24)33-11-9-15(10-12-33)23(35)29-18-5-6-20-17(14-18)13-16-3-1-2-4-19(16)20/h1-8,14-15H,9-13H2,(H,29,35). The van der Waals surface area contributed by atoms with Crippen LogP contribution in [0.2, 0.25) is 0 Å². The Kier molecular flexibility index (Phi) is 4.98. The van der Waals surface area contributed by atoms with E-state index >= 15 is 0 Å². The zero-order valence-electron chi connectivity index (χ0n) is 18.6. The molecule has 7 nitrogen and oxygen atoms in total. The molecule has 2 aromatic heterocycles. The van der Waals surface area contributed by atoms with Gasteiger partial charge in [0.15, 0.2) is 5.65 Å². The molecule has 0 spiro atoms. The molecule has 2 aliphatic rings. The van der Waals surface area contributed by atoms with Crippen LogP contribution < -0.4 is 10.2 Å². The summed E-state index contributed by atoms with van der Waals surface area (Å²) in [5, 5.41) is 13.9. The average Bonchev–Trinajstić information content (AvgIpc) is 3.44. The molecule has 0 atom stereocenters. The maximum Gasteiger partial charge on any atom is 0.453 e. The van der Waals surface area contributed by atoms with Crippen molar-refractivity contribution in [2.45, 2.75) is 25.4 Å². The number of carbonyl (C=O) groups excluding carboxylic acids is 1. The maximum absolute atomic E-state index is 13.2. The summed E-state index contributed by atoms with van der Waals surface area (Å²) in [5.41, 5.74) is 5.76. The molecule has 0 saturated carbocycles. The van der Waals surface area contributed by atoms with E-state index in [1.54, 1.807) is 6.07 Å². The second-order valence-corrected chi connectivity index (χ2v) is 8.94. The lowest BCUT2D eigenvalue weighted by Gasteiger charge is -2.32. The molecule has 6 rings (SSSR count). The summed E-state index contributed by atoms with van der Waals surface area (Å²) < 4.78 is 40.2. The summed E-state index contributed by atoms with van der Waals surface area (Å²) in [6, 6.07) is 17.4. The van der Waals surface area contributed by atoms with E-state index in [0.717, 1.165) is 16.6 Å². The Bertz CT molecular complexity index is 1440. The lowest BCUT2D eigenvalue weighted by Crippen LogP contribution is -2.38. The van der Waals surface area contributed by atoms with E-state index in [1.165, 1.54) is 28.3 Å². The van der Waals surface area contributed by atoms with Gasteiger partial charge in [0.05, 0.1) is 0 Å². The number of anilines is 2. The molecule has 1 saturated heterocycles. The number of aromatic nitrogens is 4. The molecule has 2 aromatic carbocycles. The summed E-state index contributed by atoms with van der Waals surface area (Å²) in [4.78, 5) is 14.8. The monoisotopic (exact) mass is 478 g/mol. The van der Waals surface area contributed by atoms with Crippen LogP contribution in [0.1, 0.15) is 29.8 Å². The maximum atomic E-state index is 13.2. The topological polar surface area (TPSA) is 75.4 Å². The molecule has 178 valence electrons. The Hall–Kier alpha value is -3.95. The first-order valence-corrected chi connectivity index (χ1v) is 11.4. The fourth-order valence-electron chi connectivity index (χ4n) is 4.96. The van der Waals surface area contributed by atoms with Crippen LogP contribution in [0, 0.1) is 5.92 Å². The highest BCUT2D eigenvalue weighted by Crippen LogP contribution is 2.37. The van der Waals surface area contributed by atoms with Gasteiger partial charge in [-0.1, -0.05) is 30.3 Å². The van der Waals surface area contributed by atoms with Gasteiger partial charge < -0.3 is 10.2 Å². The minimum absolute atomic E-state index is 0.0350. The predicted octanol–water partition coefficient (Wildman–Crippen LogP) is 4.57. The third kappa shape index (κ3) is 3.88. The number of nitrogens with zero attached hydrogens (tertiary/aromatic N) is 5. The number of rotatable bonds is 3. The molecule has 1 fully saturated rings. The minimum Gasteiger partial charge on any atom is -0.355 e. The van der Waals surface area contributed by atoms with Crippen LogP contribution in [0.25, 0.3) is 16.8 Å². The zero-order chi connectivity index (χ0) is 24.2. The number of hydrogen-bond donors (Lipinski definition) is 1. The van der Waals surface area contributed by atoms with Crippen molar-refractivity contribution < 1.29 is 18.0 Å². The molecule has 4 aromatic rings. The van der Waals surface area contributed by atoms with Gasteiger partial charge in [0.2, 0.25) is 5.91 Å². The van der Waals surface area contributed by atoms with Crippen molar-refractivity contribution in [3.63, 3.8) is 0 Å². The van der Waals surface area contributed by atoms with Crippen LogP contribution in [0.5, 0.6) is 0 Å². The summed E-state index contributed by atoms with van der Waals surface area (Å²) in [6.07, 6.45) is -2.63. The van der Waals surface area contributed by atoms with Gasteiger partial charge in [-0.15, -0.1) is 15.3 Å². The Balaban J connectivity index is 1.11. The summed E-state index contributed by atoms with van der Waals surface area (Å²) >= 11 is 0. The second kappa shape index (κ2) is 8.07. The lowest BCUT2D eigenvalue weighted by molar-refractivity contribution is -0.146. The third-order valence-electron chi connectivity index (χ3n) is 6.75. The number of fused-ring (bicyclic) bond motifs is 4. The van der Waals surface area contributed by atoms with E-state index in [1.807, 2.05) is 29.2 Å². The summed E-state index contributed by atoms with van der Waals surface area (Å²) in [6.45, 7) is 1.03. The molecule has 10 heteroatoms. The Labute approximate surface area is 198 Å². The zero-order valence-corrected chi connectivity index (χ0v) is 18.6. The number of amides is 1. The molecule has 1 aliphatic carbocycles. The number of alkyl halides is 3. The number of halogens is 3. The van der Waals surface area contributed by atoms with Gasteiger partial charge >= 0.3 is 6.18 Å². The predicted molar refractivity (Wildman–Crippen MR) is 124 cm³/mol. The smallest absolute Gasteiger partial charge is 0.355 e. The lowest BCUT2D eigenvalue weighted by atomic mass is 9.95. The molecule has 3 heterocycles. The molecule has 1 aliphatic heterocycles. The number of piperidine rings is 1. The number of carbonyl (C=O) groups is 1. The fraction of sp³-hybridized carbons (Fsp3) is 0.280. The highest BCUT2D eigenvalue weighted by molar-refractivity contribution is 5.93. The van der Waals surface area contributed by atoms with Crippen LogP contribution in [-0.2, 0) is 17.4 Å². The van der Waals surface area contributed by atoms with Crippen LogP contribution in [0.3, 0.4) is 0 Å². The fourth-order valence-corrected chi connectivity index (χ4v) is 4.96. The molecular weight excluding hydrogens is 457 g/mol. The summed E-state index contributed by atoms with van der Waals surface area (Å²) in [5.74, 6) is -0.969. The van der Waals surface area contributed by atoms with Gasteiger partial charge in [-0.05, 0) is 65.8 Å². The van der Waals surface area contributed by atoms with Crippen molar-refractivity contribution in [2.75, 3.05) is 23.3 Å². The largest absolute Gasteiger partial charge is 0.453 e. The average molecular weight is 478 g/mol. The van der Waals surface area contributed by atoms with Crippen molar-refractivity contribution >= 4 is 23.1 Å². The second-order valence-electron chi connectivity index (χ2n) is 8.94. The van der Waals surface area contributed by atoms with Crippen LogP contribution >= 0.6 is 0 Å². The highest BCUT2D eigenvalue weighted by atomic mass is 19.4. The van der Waals surface area contributed by atoms with Gasteiger partial charge in [-0.2, -0.15) is 17.7 Å². The normalized spacial score (nSPS) is 15.8. The van der Waals surface area contributed by atoms with Gasteiger partial charge in [0.25, 0.3) is 5.82 Å². The molecule has 0 radical (unpaired) electrons. The first kappa shape index (κ1) is 21.6. The van der Waals surface area contributed by atoms with E-state index in [9.17, 15) is 18.0 Å². The molecule has 35 heavy (non-hydrogen) atoms. The van der Waals surface area contributed by atoms with Crippen molar-refractivity contribution in [3.8, 4) is 11.1 Å². The number of hydrogen-bond acceptors (Lipinski definition) is 5. The molecule has 0 unspecified atom stereocenters. The Morgan fingerprint density at radius 1 is 0.943 bits per heavy atom. The first-order chi connectivity index (χ1) is 16.9. The van der Waals surface area contributed by atoms with E-state index < -0.39 is 12.0 Å². The van der Waals surface area contributed by atoms with Gasteiger partial charge in [-0.25, -0.2) is 0 Å². The van der Waals surface area contributed by atoms with Crippen molar-refractivity contribution in [1.82, 2.24) is 19.8 Å². The molecule has 1 N–H and O–H groups in total. The van der Waals surface area contributed by atoms with Crippen molar-refractivity contribution in [1.29, 1.82) is 0 Å². The van der Waals surface area contributed by atoms with Gasteiger partial charge in [-0.3, -0.25) is 4.79 Å². The molecule has 0 bridgehead atoms. The SMILES string of the molecule is O=C(Nc1ccc2c(c1)Cc1ccccc1-2)C1CCN(c2ccc3nnc(C(F)(F)F)n3n2)CC1. The minimum atomic E-state index is -4.64. The van der Waals surface area contributed by atoms with E-state index in [0.29, 0.717) is 31.7 Å². The highest BCUT2D eigenvalue weighted by Gasteiger charge is 2.38. The summed E-state index contributed by atoms with van der Waals surface area (Å²) in [7, 11) is 0. The van der Waals surface area contributed by atoms with Crippen molar-refractivity contribution in [2.24, 2.45) is 5.92 Å². The first-order valence-electron chi connectivity index (χ1n) is 11.4. The van der Waals surface area contributed by atoms with E-state index in [2.05, 4.69) is 38.8 Å². The van der Waals surface area contributed by atoms with E-state index in [-0.39, 0.29) is 17.5 Å².